The van der Waals surface area contributed by atoms with Crippen molar-refractivity contribution in [1.82, 2.24) is 33.6 Å². The van der Waals surface area contributed by atoms with E-state index in [1.165, 1.54) is 0 Å². The third-order valence-corrected chi connectivity index (χ3v) is 5.00. The van der Waals surface area contributed by atoms with Crippen LogP contribution in [0.1, 0.15) is 22.9 Å². The minimum Gasteiger partial charge on any atom is -0.506 e. The SMILES string of the molecule is Cc1ccc(O)c(-n2cnc(CN(Cc3nccn3C)Cc3nccn3C)c2)c1. The summed E-state index contributed by atoms with van der Waals surface area (Å²) in [4.78, 5) is 15.7. The molecule has 0 spiro atoms. The number of imidazole rings is 3. The molecule has 29 heavy (non-hydrogen) atoms. The van der Waals surface area contributed by atoms with Gasteiger partial charge in [-0.2, -0.15) is 0 Å². The summed E-state index contributed by atoms with van der Waals surface area (Å²) >= 11 is 0. The smallest absolute Gasteiger partial charge is 0.139 e. The first kappa shape index (κ1) is 18.9. The molecule has 0 bridgehead atoms. The number of benzene rings is 1. The number of hydrogen-bond acceptors (Lipinski definition) is 5. The first-order valence-corrected chi connectivity index (χ1v) is 9.47. The van der Waals surface area contributed by atoms with Crippen molar-refractivity contribution in [2.75, 3.05) is 0 Å². The maximum Gasteiger partial charge on any atom is 0.139 e. The van der Waals surface area contributed by atoms with Crippen LogP contribution < -0.4 is 0 Å². The van der Waals surface area contributed by atoms with Crippen molar-refractivity contribution < 1.29 is 5.11 Å². The molecular weight excluding hydrogens is 366 g/mol. The molecule has 0 unspecified atom stereocenters. The summed E-state index contributed by atoms with van der Waals surface area (Å²) in [5.41, 5.74) is 2.72. The number of nitrogens with zero attached hydrogens (tertiary/aromatic N) is 7. The van der Waals surface area contributed by atoms with Crippen LogP contribution >= 0.6 is 0 Å². The monoisotopic (exact) mass is 391 g/mol. The number of aromatic hydroxyl groups is 1. The van der Waals surface area contributed by atoms with E-state index in [0.29, 0.717) is 19.6 Å². The van der Waals surface area contributed by atoms with Crippen molar-refractivity contribution in [3.05, 3.63) is 78.4 Å². The highest BCUT2D eigenvalue weighted by Crippen LogP contribution is 2.23. The maximum absolute atomic E-state index is 10.2. The van der Waals surface area contributed by atoms with E-state index in [-0.39, 0.29) is 5.75 Å². The van der Waals surface area contributed by atoms with E-state index >= 15 is 0 Å². The summed E-state index contributed by atoms with van der Waals surface area (Å²) in [6.45, 7) is 4.00. The minimum atomic E-state index is 0.234. The fourth-order valence-corrected chi connectivity index (χ4v) is 3.31. The maximum atomic E-state index is 10.2. The van der Waals surface area contributed by atoms with Crippen LogP contribution in [0.25, 0.3) is 5.69 Å². The zero-order valence-electron chi connectivity index (χ0n) is 16.9. The van der Waals surface area contributed by atoms with Crippen molar-refractivity contribution in [3.63, 3.8) is 0 Å². The third kappa shape index (κ3) is 4.22. The van der Waals surface area contributed by atoms with Gasteiger partial charge in [0.15, 0.2) is 0 Å². The molecule has 0 aliphatic carbocycles. The highest BCUT2D eigenvalue weighted by atomic mass is 16.3. The molecule has 150 valence electrons. The van der Waals surface area contributed by atoms with Gasteiger partial charge in [-0.1, -0.05) is 6.07 Å². The van der Waals surface area contributed by atoms with Crippen LogP contribution in [0.15, 0.2) is 55.5 Å². The lowest BCUT2D eigenvalue weighted by Gasteiger charge is -2.20. The second kappa shape index (κ2) is 7.92. The summed E-state index contributed by atoms with van der Waals surface area (Å²) in [5, 5.41) is 10.2. The standard InChI is InChI=1S/C21H25N7O/c1-16-4-5-19(29)18(10-16)28-12-17(24-15-28)11-27(13-20-22-6-8-25(20)2)14-21-23-7-9-26(21)3/h4-10,12,15,29H,11,13-14H2,1-3H3. The molecule has 0 aliphatic heterocycles. The van der Waals surface area contributed by atoms with Gasteiger partial charge in [-0.05, 0) is 24.6 Å². The fourth-order valence-electron chi connectivity index (χ4n) is 3.31. The predicted octanol–water partition coefficient (Wildman–Crippen LogP) is 2.56. The molecule has 0 radical (unpaired) electrons. The van der Waals surface area contributed by atoms with Gasteiger partial charge in [-0.3, -0.25) is 4.90 Å². The first-order chi connectivity index (χ1) is 14.0. The van der Waals surface area contributed by atoms with Crippen molar-refractivity contribution >= 4 is 0 Å². The van der Waals surface area contributed by atoms with E-state index in [1.54, 1.807) is 12.4 Å². The Morgan fingerprint density at radius 3 is 2.17 bits per heavy atom. The predicted molar refractivity (Wildman–Crippen MR) is 109 cm³/mol. The second-order valence-corrected chi connectivity index (χ2v) is 7.32. The van der Waals surface area contributed by atoms with E-state index in [4.69, 9.17) is 0 Å². The number of aryl methyl sites for hydroxylation is 3. The molecular formula is C21H25N7O. The van der Waals surface area contributed by atoms with Gasteiger partial charge >= 0.3 is 0 Å². The Bertz CT molecular complexity index is 1070. The van der Waals surface area contributed by atoms with Gasteiger partial charge in [0.1, 0.15) is 17.4 Å². The highest BCUT2D eigenvalue weighted by molar-refractivity contribution is 5.48. The van der Waals surface area contributed by atoms with Gasteiger partial charge in [0, 0.05) is 51.6 Å². The van der Waals surface area contributed by atoms with Gasteiger partial charge in [0.25, 0.3) is 0 Å². The van der Waals surface area contributed by atoms with E-state index < -0.39 is 0 Å². The van der Waals surface area contributed by atoms with E-state index in [1.807, 2.05) is 77.8 Å². The van der Waals surface area contributed by atoms with E-state index in [2.05, 4.69) is 19.9 Å². The Morgan fingerprint density at radius 1 is 0.931 bits per heavy atom. The lowest BCUT2D eigenvalue weighted by molar-refractivity contribution is 0.228. The number of phenols is 1. The zero-order chi connectivity index (χ0) is 20.4. The van der Waals surface area contributed by atoms with Gasteiger partial charge < -0.3 is 18.8 Å². The van der Waals surface area contributed by atoms with Crippen LogP contribution in [0.5, 0.6) is 5.75 Å². The van der Waals surface area contributed by atoms with Crippen LogP contribution in [0.2, 0.25) is 0 Å². The normalized spacial score (nSPS) is 11.4. The number of hydrogen-bond donors (Lipinski definition) is 1. The molecule has 0 amide bonds. The summed E-state index contributed by atoms with van der Waals surface area (Å²) in [6, 6.07) is 5.54. The Morgan fingerprint density at radius 2 is 1.59 bits per heavy atom. The lowest BCUT2D eigenvalue weighted by Crippen LogP contribution is -2.25. The average molecular weight is 391 g/mol. The summed E-state index contributed by atoms with van der Waals surface area (Å²) in [6.07, 6.45) is 11.2. The minimum absolute atomic E-state index is 0.234. The molecule has 3 heterocycles. The largest absolute Gasteiger partial charge is 0.506 e. The van der Waals surface area contributed by atoms with Crippen LogP contribution in [0.3, 0.4) is 0 Å². The Balaban J connectivity index is 1.57. The highest BCUT2D eigenvalue weighted by Gasteiger charge is 2.15. The van der Waals surface area contributed by atoms with Crippen LogP contribution in [-0.2, 0) is 33.7 Å². The van der Waals surface area contributed by atoms with Crippen molar-refractivity contribution in [2.45, 2.75) is 26.6 Å². The lowest BCUT2D eigenvalue weighted by atomic mass is 10.2. The van der Waals surface area contributed by atoms with Crippen LogP contribution in [0, 0.1) is 6.92 Å². The molecule has 0 fully saturated rings. The molecule has 8 nitrogen and oxygen atoms in total. The summed E-state index contributed by atoms with van der Waals surface area (Å²) < 4.78 is 5.90. The molecule has 4 aromatic rings. The zero-order valence-corrected chi connectivity index (χ0v) is 16.9. The number of phenolic OH excluding ortho intramolecular Hbond substituents is 1. The van der Waals surface area contributed by atoms with Gasteiger partial charge in [-0.15, -0.1) is 0 Å². The fraction of sp³-hybridized carbons (Fsp3) is 0.286. The molecule has 4 rings (SSSR count). The van der Waals surface area contributed by atoms with Gasteiger partial charge in [0.2, 0.25) is 0 Å². The molecule has 0 saturated heterocycles. The second-order valence-electron chi connectivity index (χ2n) is 7.32. The van der Waals surface area contributed by atoms with E-state index in [0.717, 1.165) is 28.6 Å². The Labute approximate surface area is 169 Å². The van der Waals surface area contributed by atoms with Crippen LogP contribution in [0.4, 0.5) is 0 Å². The molecule has 0 aliphatic rings. The van der Waals surface area contributed by atoms with Crippen molar-refractivity contribution in [3.8, 4) is 11.4 Å². The third-order valence-electron chi connectivity index (χ3n) is 5.00. The molecule has 0 atom stereocenters. The molecule has 0 saturated carbocycles. The van der Waals surface area contributed by atoms with Crippen LogP contribution in [-0.4, -0.2) is 38.7 Å². The van der Waals surface area contributed by atoms with Crippen molar-refractivity contribution in [2.24, 2.45) is 14.1 Å². The summed E-state index contributed by atoms with van der Waals surface area (Å²) in [7, 11) is 3.99. The quantitative estimate of drug-likeness (QED) is 0.524. The Hall–Kier alpha value is -3.39. The number of rotatable bonds is 7. The summed E-state index contributed by atoms with van der Waals surface area (Å²) in [5.74, 6) is 2.20. The Kier molecular flexibility index (Phi) is 5.18. The topological polar surface area (TPSA) is 76.9 Å². The average Bonchev–Trinajstić information content (AvgIpc) is 3.41. The van der Waals surface area contributed by atoms with Gasteiger partial charge in [0.05, 0.1) is 30.8 Å². The molecule has 1 aromatic carbocycles. The number of aromatic nitrogens is 6. The molecule has 1 N–H and O–H groups in total. The van der Waals surface area contributed by atoms with E-state index in [9.17, 15) is 5.11 Å². The van der Waals surface area contributed by atoms with Crippen molar-refractivity contribution in [1.29, 1.82) is 0 Å². The first-order valence-electron chi connectivity index (χ1n) is 9.47. The molecule has 8 heteroatoms. The van der Waals surface area contributed by atoms with Gasteiger partial charge in [-0.25, -0.2) is 15.0 Å². The molecule has 3 aromatic heterocycles.